The van der Waals surface area contributed by atoms with E-state index in [1.807, 2.05) is 0 Å². The lowest BCUT2D eigenvalue weighted by Gasteiger charge is -2.20. The predicted molar refractivity (Wildman–Crippen MR) is 68.1 cm³/mol. The number of Topliss-reactive ketones (excluding diaryl/α,β-unsaturated/α-hetero) is 1. The molecular weight excluding hydrogens is 212 g/mol. The van der Waals surface area contributed by atoms with Gasteiger partial charge >= 0.3 is 0 Å². The molecule has 17 heavy (non-hydrogen) atoms. The molecule has 1 aliphatic heterocycles. The van der Waals surface area contributed by atoms with E-state index in [9.17, 15) is 4.79 Å². The molecule has 1 saturated heterocycles. The fourth-order valence-electron chi connectivity index (χ4n) is 2.23. The quantitative estimate of drug-likeness (QED) is 0.798. The van der Waals surface area contributed by atoms with Crippen molar-refractivity contribution in [3.8, 4) is 0 Å². The smallest absolute Gasteiger partial charge is 0.142 e. The van der Waals surface area contributed by atoms with Crippen LogP contribution in [0.1, 0.15) is 30.9 Å². The first-order chi connectivity index (χ1) is 8.29. The van der Waals surface area contributed by atoms with Crippen molar-refractivity contribution in [2.24, 2.45) is 5.92 Å². The molecule has 0 aliphatic carbocycles. The van der Waals surface area contributed by atoms with Crippen molar-refractivity contribution in [1.29, 1.82) is 0 Å². The normalized spacial score (nSPS) is 20.2. The summed E-state index contributed by atoms with van der Waals surface area (Å²) < 4.78 is 5.36. The van der Waals surface area contributed by atoms with Crippen molar-refractivity contribution < 1.29 is 9.53 Å². The summed E-state index contributed by atoms with van der Waals surface area (Å²) >= 11 is 0. The van der Waals surface area contributed by atoms with Crippen LogP contribution < -0.4 is 0 Å². The number of aryl methyl sites for hydroxylation is 1. The van der Waals surface area contributed by atoms with Gasteiger partial charge in [-0.2, -0.15) is 0 Å². The van der Waals surface area contributed by atoms with Gasteiger partial charge in [0.25, 0.3) is 0 Å². The summed E-state index contributed by atoms with van der Waals surface area (Å²) in [7, 11) is 0. The van der Waals surface area contributed by atoms with Crippen LogP contribution in [-0.4, -0.2) is 19.0 Å². The zero-order valence-corrected chi connectivity index (χ0v) is 10.4. The molecular formula is C15H20O2. The van der Waals surface area contributed by atoms with Crippen LogP contribution in [0.15, 0.2) is 24.3 Å². The average molecular weight is 232 g/mol. The molecule has 1 unspecified atom stereocenters. The minimum atomic E-state index is 0.120. The SMILES string of the molecule is CCc1ccc(CC(=O)C2CCCOC2)cc1. The number of carbonyl (C=O) groups excluding carboxylic acids is 1. The molecule has 1 aliphatic rings. The lowest BCUT2D eigenvalue weighted by Crippen LogP contribution is -2.26. The molecule has 0 amide bonds. The van der Waals surface area contributed by atoms with Gasteiger partial charge in [0.15, 0.2) is 0 Å². The highest BCUT2D eigenvalue weighted by atomic mass is 16.5. The van der Waals surface area contributed by atoms with Crippen LogP contribution in [0.5, 0.6) is 0 Å². The van der Waals surface area contributed by atoms with Crippen molar-refractivity contribution >= 4 is 5.78 Å². The van der Waals surface area contributed by atoms with E-state index in [4.69, 9.17) is 4.74 Å². The predicted octanol–water partition coefficient (Wildman–Crippen LogP) is 2.79. The Morgan fingerprint density at radius 1 is 1.29 bits per heavy atom. The van der Waals surface area contributed by atoms with Crippen LogP contribution in [0.3, 0.4) is 0 Å². The summed E-state index contributed by atoms with van der Waals surface area (Å²) in [6.07, 6.45) is 3.61. The Morgan fingerprint density at radius 3 is 2.59 bits per heavy atom. The monoisotopic (exact) mass is 232 g/mol. The molecule has 1 aromatic rings. The fourth-order valence-corrected chi connectivity index (χ4v) is 2.23. The van der Waals surface area contributed by atoms with E-state index in [-0.39, 0.29) is 5.92 Å². The van der Waals surface area contributed by atoms with Crippen LogP contribution in [0.4, 0.5) is 0 Å². The van der Waals surface area contributed by atoms with E-state index in [2.05, 4.69) is 31.2 Å². The largest absolute Gasteiger partial charge is 0.381 e. The summed E-state index contributed by atoms with van der Waals surface area (Å²) in [6, 6.07) is 8.36. The van der Waals surface area contributed by atoms with Crippen LogP contribution in [-0.2, 0) is 22.4 Å². The molecule has 0 N–H and O–H groups in total. The van der Waals surface area contributed by atoms with Gasteiger partial charge in [-0.3, -0.25) is 4.79 Å². The molecule has 0 radical (unpaired) electrons. The van der Waals surface area contributed by atoms with E-state index < -0.39 is 0 Å². The van der Waals surface area contributed by atoms with Crippen molar-refractivity contribution in [3.05, 3.63) is 35.4 Å². The molecule has 0 bridgehead atoms. The second kappa shape index (κ2) is 5.97. The molecule has 0 saturated carbocycles. The Bertz CT molecular complexity index is 361. The number of ketones is 1. The van der Waals surface area contributed by atoms with Crippen molar-refractivity contribution in [3.63, 3.8) is 0 Å². The Hall–Kier alpha value is -1.15. The molecule has 1 heterocycles. The first-order valence-corrected chi connectivity index (χ1v) is 6.48. The third kappa shape index (κ3) is 3.40. The maximum absolute atomic E-state index is 12.0. The molecule has 1 atom stereocenters. The van der Waals surface area contributed by atoms with Crippen LogP contribution >= 0.6 is 0 Å². The van der Waals surface area contributed by atoms with Crippen LogP contribution in [0.2, 0.25) is 0 Å². The summed E-state index contributed by atoms with van der Waals surface area (Å²) in [5, 5.41) is 0. The molecule has 0 aromatic heterocycles. The van der Waals surface area contributed by atoms with E-state index in [1.54, 1.807) is 0 Å². The minimum Gasteiger partial charge on any atom is -0.381 e. The lowest BCUT2D eigenvalue weighted by atomic mass is 9.93. The van der Waals surface area contributed by atoms with Crippen molar-refractivity contribution in [1.82, 2.24) is 0 Å². The number of benzene rings is 1. The zero-order valence-electron chi connectivity index (χ0n) is 10.4. The van der Waals surface area contributed by atoms with Gasteiger partial charge in [0.1, 0.15) is 5.78 Å². The number of carbonyl (C=O) groups is 1. The maximum Gasteiger partial charge on any atom is 0.142 e. The van der Waals surface area contributed by atoms with E-state index in [0.29, 0.717) is 18.8 Å². The topological polar surface area (TPSA) is 26.3 Å². The van der Waals surface area contributed by atoms with Gasteiger partial charge in [0, 0.05) is 18.9 Å². The Labute approximate surface area is 103 Å². The average Bonchev–Trinajstić information content (AvgIpc) is 2.40. The second-order valence-electron chi connectivity index (χ2n) is 4.73. The fraction of sp³-hybridized carbons (Fsp3) is 0.533. The summed E-state index contributed by atoms with van der Waals surface area (Å²) in [6.45, 7) is 3.57. The van der Waals surface area contributed by atoms with Gasteiger partial charge in [-0.25, -0.2) is 0 Å². The molecule has 1 fully saturated rings. The van der Waals surface area contributed by atoms with Crippen molar-refractivity contribution in [2.45, 2.75) is 32.6 Å². The third-order valence-corrected chi connectivity index (χ3v) is 3.43. The minimum absolute atomic E-state index is 0.120. The first kappa shape index (κ1) is 12.3. The first-order valence-electron chi connectivity index (χ1n) is 6.48. The van der Waals surface area contributed by atoms with Gasteiger partial charge in [-0.05, 0) is 30.4 Å². The molecule has 1 aromatic carbocycles. The maximum atomic E-state index is 12.0. The van der Waals surface area contributed by atoms with Gasteiger partial charge in [-0.1, -0.05) is 31.2 Å². The van der Waals surface area contributed by atoms with E-state index in [0.717, 1.165) is 31.4 Å². The highest BCUT2D eigenvalue weighted by Gasteiger charge is 2.21. The van der Waals surface area contributed by atoms with Crippen molar-refractivity contribution in [2.75, 3.05) is 13.2 Å². The Morgan fingerprint density at radius 2 is 2.00 bits per heavy atom. The lowest BCUT2D eigenvalue weighted by molar-refractivity contribution is -0.126. The Kier molecular flexibility index (Phi) is 4.32. The van der Waals surface area contributed by atoms with Gasteiger partial charge in [0.05, 0.1) is 6.61 Å². The highest BCUT2D eigenvalue weighted by Crippen LogP contribution is 2.17. The molecule has 92 valence electrons. The third-order valence-electron chi connectivity index (χ3n) is 3.43. The van der Waals surface area contributed by atoms with Crippen LogP contribution in [0.25, 0.3) is 0 Å². The molecule has 2 nitrogen and oxygen atoms in total. The number of hydrogen-bond donors (Lipinski definition) is 0. The van der Waals surface area contributed by atoms with Gasteiger partial charge in [0.2, 0.25) is 0 Å². The Balaban J connectivity index is 1.92. The van der Waals surface area contributed by atoms with Gasteiger partial charge < -0.3 is 4.74 Å². The molecule has 0 spiro atoms. The number of ether oxygens (including phenoxy) is 1. The summed E-state index contributed by atoms with van der Waals surface area (Å²) in [5.74, 6) is 0.448. The summed E-state index contributed by atoms with van der Waals surface area (Å²) in [4.78, 5) is 12.0. The zero-order chi connectivity index (χ0) is 12.1. The summed E-state index contributed by atoms with van der Waals surface area (Å²) in [5.41, 5.74) is 2.44. The van der Waals surface area contributed by atoms with E-state index >= 15 is 0 Å². The number of hydrogen-bond acceptors (Lipinski definition) is 2. The van der Waals surface area contributed by atoms with E-state index in [1.165, 1.54) is 5.56 Å². The molecule has 2 heteroatoms. The van der Waals surface area contributed by atoms with Crippen LogP contribution in [0, 0.1) is 5.92 Å². The molecule has 2 rings (SSSR count). The standard InChI is InChI=1S/C15H20O2/c1-2-12-5-7-13(8-6-12)10-15(16)14-4-3-9-17-11-14/h5-8,14H,2-4,9-11H2,1H3. The number of rotatable bonds is 4. The second-order valence-corrected chi connectivity index (χ2v) is 4.73. The van der Waals surface area contributed by atoms with Gasteiger partial charge in [-0.15, -0.1) is 0 Å². The highest BCUT2D eigenvalue weighted by molar-refractivity contribution is 5.83.